The molecule has 0 spiro atoms. The SMILES string of the molecule is CCCCC/C=C\C/C=C\CCCCCCCC(OC)O[Si](C)(C)OCCCCN(CCCCO)CCCCCCO[Si](C)(C)OC(CCCCCCC)OCCCCCCCC. The van der Waals surface area contributed by atoms with E-state index >= 15 is 0 Å². The quantitative estimate of drug-likeness (QED) is 0.0280. The molecule has 0 aromatic heterocycles. The van der Waals surface area contributed by atoms with E-state index < -0.39 is 17.1 Å². The Bertz CT molecular complexity index is 985. The second kappa shape index (κ2) is 46.7. The predicted octanol–water partition coefficient (Wildman–Crippen LogP) is 15.7. The number of nitrogens with zero attached hydrogens (tertiary/aromatic N) is 1. The molecule has 2 unspecified atom stereocenters. The van der Waals surface area contributed by atoms with E-state index in [9.17, 15) is 5.11 Å². The summed E-state index contributed by atoms with van der Waals surface area (Å²) < 4.78 is 37.8. The van der Waals surface area contributed by atoms with Crippen molar-refractivity contribution in [3.8, 4) is 0 Å². The highest BCUT2D eigenvalue weighted by atomic mass is 28.4. The minimum absolute atomic E-state index is 0.131. The highest BCUT2D eigenvalue weighted by molar-refractivity contribution is 6.64. The molecule has 0 saturated heterocycles. The van der Waals surface area contributed by atoms with Crippen LogP contribution in [0.25, 0.3) is 0 Å². The molecule has 376 valence electrons. The second-order valence-electron chi connectivity index (χ2n) is 19.1. The maximum Gasteiger partial charge on any atom is 0.333 e. The first-order valence-electron chi connectivity index (χ1n) is 27.0. The number of unbranched alkanes of at least 4 members (excludes halogenated alkanes) is 22. The average molecular weight is 929 g/mol. The molecular weight excluding hydrogens is 819 g/mol. The van der Waals surface area contributed by atoms with E-state index in [-0.39, 0.29) is 19.2 Å². The number of hydrogen-bond donors (Lipinski definition) is 1. The number of rotatable bonds is 51. The molecule has 0 aliphatic rings. The molecule has 10 heteroatoms. The Morgan fingerprint density at radius 2 is 0.841 bits per heavy atom. The maximum absolute atomic E-state index is 9.40. The fraction of sp³-hybridized carbons (Fsp3) is 0.925. The van der Waals surface area contributed by atoms with Crippen LogP contribution in [-0.4, -0.2) is 92.9 Å². The number of aliphatic hydroxyl groups excluding tert-OH is 1. The van der Waals surface area contributed by atoms with Crippen molar-refractivity contribution in [3.63, 3.8) is 0 Å². The normalized spacial score (nSPS) is 13.7. The Morgan fingerprint density at radius 3 is 1.40 bits per heavy atom. The Kier molecular flexibility index (Phi) is 46.4. The zero-order valence-corrected chi connectivity index (χ0v) is 45.4. The van der Waals surface area contributed by atoms with E-state index in [1.165, 1.54) is 135 Å². The fourth-order valence-corrected chi connectivity index (χ4v) is 11.0. The minimum Gasteiger partial charge on any atom is -0.396 e. The summed E-state index contributed by atoms with van der Waals surface area (Å²) in [6, 6.07) is 0. The third-order valence-corrected chi connectivity index (χ3v) is 15.3. The molecule has 63 heavy (non-hydrogen) atoms. The summed E-state index contributed by atoms with van der Waals surface area (Å²) in [5.74, 6) is 0. The first-order chi connectivity index (χ1) is 30.6. The summed E-state index contributed by atoms with van der Waals surface area (Å²) in [5.41, 5.74) is 0. The van der Waals surface area contributed by atoms with Gasteiger partial charge < -0.3 is 37.2 Å². The minimum atomic E-state index is -2.28. The van der Waals surface area contributed by atoms with Crippen molar-refractivity contribution in [2.75, 3.05) is 53.2 Å². The van der Waals surface area contributed by atoms with Crippen LogP contribution < -0.4 is 0 Å². The molecule has 0 saturated carbocycles. The topological polar surface area (TPSA) is 78.9 Å². The van der Waals surface area contributed by atoms with Gasteiger partial charge in [0, 0.05) is 33.5 Å². The Morgan fingerprint density at radius 1 is 0.444 bits per heavy atom. The Labute approximate surface area is 395 Å². The monoisotopic (exact) mass is 928 g/mol. The van der Waals surface area contributed by atoms with Crippen LogP contribution in [-0.2, 0) is 27.2 Å². The molecule has 0 amide bonds. The highest BCUT2D eigenvalue weighted by Crippen LogP contribution is 2.20. The van der Waals surface area contributed by atoms with Crippen LogP contribution in [0.3, 0.4) is 0 Å². The third-order valence-electron chi connectivity index (χ3n) is 11.8. The molecular formula is C53H109NO7Si2. The van der Waals surface area contributed by atoms with Gasteiger partial charge in [-0.15, -0.1) is 0 Å². The number of methoxy groups -OCH3 is 1. The Hall–Kier alpha value is -0.406. The van der Waals surface area contributed by atoms with E-state index in [4.69, 9.17) is 27.2 Å². The van der Waals surface area contributed by atoms with Gasteiger partial charge in [-0.1, -0.05) is 148 Å². The zero-order valence-electron chi connectivity index (χ0n) is 43.4. The van der Waals surface area contributed by atoms with Gasteiger partial charge in [-0.05, 0) is 149 Å². The molecule has 0 heterocycles. The van der Waals surface area contributed by atoms with Crippen molar-refractivity contribution in [2.24, 2.45) is 0 Å². The first kappa shape index (κ1) is 62.6. The molecule has 0 fully saturated rings. The van der Waals surface area contributed by atoms with Crippen LogP contribution in [0.4, 0.5) is 0 Å². The lowest BCUT2D eigenvalue weighted by Gasteiger charge is -2.29. The van der Waals surface area contributed by atoms with Crippen molar-refractivity contribution < 1.29 is 32.3 Å². The molecule has 2 atom stereocenters. The summed E-state index contributed by atoms with van der Waals surface area (Å²) >= 11 is 0. The standard InChI is InChI=1S/C53H109NO7Si2/c1-9-12-15-18-20-21-22-23-24-25-26-27-28-30-34-43-52(56-4)60-62(5,6)59-51-42-38-47-54(46-37-39-48-55)45-36-31-33-41-50-58-63(7,8)61-53(44-35-29-17-14-11-3)57-49-40-32-19-16-13-10-2/h20-21,23-24,52-53,55H,9-19,22,25-51H2,1-8H3/b21-20-,24-23-. The van der Waals surface area contributed by atoms with E-state index in [1.54, 1.807) is 7.11 Å². The predicted molar refractivity (Wildman–Crippen MR) is 276 cm³/mol. The van der Waals surface area contributed by atoms with Crippen molar-refractivity contribution in [2.45, 2.75) is 265 Å². The van der Waals surface area contributed by atoms with Gasteiger partial charge in [0.25, 0.3) is 0 Å². The van der Waals surface area contributed by atoms with Crippen LogP contribution in [0.2, 0.25) is 26.2 Å². The molecule has 0 aromatic rings. The molecule has 1 N–H and O–H groups in total. The van der Waals surface area contributed by atoms with Gasteiger partial charge in [-0.2, -0.15) is 0 Å². The molecule has 0 rings (SSSR count). The van der Waals surface area contributed by atoms with Gasteiger partial charge in [0.2, 0.25) is 0 Å². The van der Waals surface area contributed by atoms with E-state index in [0.717, 1.165) is 110 Å². The summed E-state index contributed by atoms with van der Waals surface area (Å²) in [7, 11) is -2.79. The van der Waals surface area contributed by atoms with Crippen LogP contribution in [0, 0.1) is 0 Å². The second-order valence-corrected chi connectivity index (χ2v) is 25.7. The lowest BCUT2D eigenvalue weighted by Crippen LogP contribution is -2.40. The van der Waals surface area contributed by atoms with Gasteiger partial charge in [0.15, 0.2) is 0 Å². The lowest BCUT2D eigenvalue weighted by molar-refractivity contribution is -0.104. The van der Waals surface area contributed by atoms with E-state index in [2.05, 4.69) is 76.2 Å². The zero-order chi connectivity index (χ0) is 46.4. The first-order valence-corrected chi connectivity index (χ1v) is 32.7. The molecule has 0 aromatic carbocycles. The van der Waals surface area contributed by atoms with Gasteiger partial charge >= 0.3 is 17.1 Å². The summed E-state index contributed by atoms with van der Waals surface area (Å²) in [4.78, 5) is 2.59. The fourth-order valence-electron chi connectivity index (χ4n) is 7.88. The molecule has 0 aliphatic heterocycles. The number of ether oxygens (including phenoxy) is 2. The van der Waals surface area contributed by atoms with Crippen molar-refractivity contribution in [1.82, 2.24) is 4.90 Å². The number of aliphatic hydroxyl groups is 1. The third kappa shape index (κ3) is 45.2. The van der Waals surface area contributed by atoms with Crippen LogP contribution in [0.15, 0.2) is 24.3 Å². The van der Waals surface area contributed by atoms with Gasteiger partial charge in [0.1, 0.15) is 12.6 Å². The van der Waals surface area contributed by atoms with E-state index in [0.29, 0.717) is 0 Å². The van der Waals surface area contributed by atoms with Crippen LogP contribution >= 0.6 is 0 Å². The molecule has 0 radical (unpaired) electrons. The number of allylic oxidation sites excluding steroid dienone is 4. The van der Waals surface area contributed by atoms with Crippen molar-refractivity contribution >= 4 is 17.1 Å². The smallest absolute Gasteiger partial charge is 0.333 e. The van der Waals surface area contributed by atoms with Crippen molar-refractivity contribution in [1.29, 1.82) is 0 Å². The largest absolute Gasteiger partial charge is 0.396 e. The summed E-state index contributed by atoms with van der Waals surface area (Å²) in [5, 5.41) is 9.40. The van der Waals surface area contributed by atoms with E-state index in [1.807, 2.05) is 0 Å². The average Bonchev–Trinajstić information content (AvgIpc) is 3.25. The molecule has 0 aliphatic carbocycles. The number of hydrogen-bond acceptors (Lipinski definition) is 8. The molecule has 0 bridgehead atoms. The Balaban J connectivity index is 4.36. The molecule has 8 nitrogen and oxygen atoms in total. The van der Waals surface area contributed by atoms with Gasteiger partial charge in [0.05, 0.1) is 0 Å². The summed E-state index contributed by atoms with van der Waals surface area (Å²) in [6.45, 7) is 21.3. The van der Waals surface area contributed by atoms with Crippen LogP contribution in [0.5, 0.6) is 0 Å². The maximum atomic E-state index is 9.40. The lowest BCUT2D eigenvalue weighted by atomic mass is 10.1. The van der Waals surface area contributed by atoms with Gasteiger partial charge in [-0.25, -0.2) is 0 Å². The van der Waals surface area contributed by atoms with Crippen LogP contribution in [0.1, 0.15) is 226 Å². The van der Waals surface area contributed by atoms with Crippen molar-refractivity contribution in [3.05, 3.63) is 24.3 Å². The summed E-state index contributed by atoms with van der Waals surface area (Å²) in [6.07, 6.45) is 47.2. The van der Waals surface area contributed by atoms with Gasteiger partial charge in [-0.3, -0.25) is 0 Å². The highest BCUT2D eigenvalue weighted by Gasteiger charge is 2.30.